The predicted molar refractivity (Wildman–Crippen MR) is 110 cm³/mol. The number of hydrogen-bond donors (Lipinski definition) is 2. The quantitative estimate of drug-likeness (QED) is 0.794. The number of benzene rings is 1. The zero-order valence-corrected chi connectivity index (χ0v) is 16.6. The van der Waals surface area contributed by atoms with Gasteiger partial charge in [0.05, 0.1) is 16.3 Å². The molecule has 146 valence electrons. The molecule has 9 heteroatoms. The van der Waals surface area contributed by atoms with Crippen LogP contribution in [0.2, 0.25) is 5.02 Å². The van der Waals surface area contributed by atoms with E-state index in [9.17, 15) is 4.39 Å². The van der Waals surface area contributed by atoms with Crippen LogP contribution < -0.4 is 16.4 Å². The number of anilines is 1. The Labute approximate surface area is 168 Å². The fourth-order valence-corrected chi connectivity index (χ4v) is 5.00. The van der Waals surface area contributed by atoms with Crippen molar-refractivity contribution in [3.8, 4) is 0 Å². The van der Waals surface area contributed by atoms with Crippen molar-refractivity contribution >= 4 is 35.4 Å². The second kappa shape index (κ2) is 7.97. The van der Waals surface area contributed by atoms with E-state index in [-0.39, 0.29) is 10.5 Å². The second-order valence-electron chi connectivity index (χ2n) is 6.99. The van der Waals surface area contributed by atoms with Crippen LogP contribution in [-0.4, -0.2) is 54.0 Å². The van der Waals surface area contributed by atoms with Gasteiger partial charge in [-0.15, -0.1) is 0 Å². The zero-order valence-electron chi connectivity index (χ0n) is 15.0. The van der Waals surface area contributed by atoms with E-state index < -0.39 is 12.0 Å². The third kappa shape index (κ3) is 3.82. The van der Waals surface area contributed by atoms with Crippen LogP contribution in [0.4, 0.5) is 10.1 Å². The Morgan fingerprint density at radius 1 is 1.19 bits per heavy atom. The SMILES string of the molecule is NC1SC2=C(N=CN(c3ccc(F)c(Cl)c3)C2N)N1CCN1CCCCC1. The number of halogens is 2. The van der Waals surface area contributed by atoms with Crippen LogP contribution >= 0.6 is 23.4 Å². The zero-order chi connectivity index (χ0) is 19.0. The van der Waals surface area contributed by atoms with Gasteiger partial charge in [0.25, 0.3) is 0 Å². The summed E-state index contributed by atoms with van der Waals surface area (Å²) in [6, 6.07) is 4.54. The average molecular weight is 411 g/mol. The molecule has 0 aromatic heterocycles. The van der Waals surface area contributed by atoms with Crippen molar-refractivity contribution in [2.24, 2.45) is 16.5 Å². The van der Waals surface area contributed by atoms with Crippen LogP contribution in [0, 0.1) is 5.82 Å². The second-order valence-corrected chi connectivity index (χ2v) is 8.55. The first-order chi connectivity index (χ1) is 13.0. The molecule has 1 fully saturated rings. The highest BCUT2D eigenvalue weighted by atomic mass is 35.5. The van der Waals surface area contributed by atoms with E-state index in [1.54, 1.807) is 23.4 Å². The largest absolute Gasteiger partial charge is 0.330 e. The molecule has 0 saturated carbocycles. The summed E-state index contributed by atoms with van der Waals surface area (Å²) in [7, 11) is 0. The summed E-state index contributed by atoms with van der Waals surface area (Å²) >= 11 is 7.45. The first-order valence-electron chi connectivity index (χ1n) is 9.23. The van der Waals surface area contributed by atoms with Gasteiger partial charge >= 0.3 is 0 Å². The van der Waals surface area contributed by atoms with Crippen LogP contribution in [0.3, 0.4) is 0 Å². The fraction of sp³-hybridized carbons (Fsp3) is 0.500. The number of hydrogen-bond acceptors (Lipinski definition) is 7. The molecule has 2 atom stereocenters. The fourth-order valence-electron chi connectivity index (χ4n) is 3.70. The van der Waals surface area contributed by atoms with Crippen molar-refractivity contribution in [1.82, 2.24) is 9.80 Å². The molecule has 4 rings (SSSR count). The Morgan fingerprint density at radius 2 is 1.96 bits per heavy atom. The molecule has 1 aromatic carbocycles. The molecular weight excluding hydrogens is 387 g/mol. The highest BCUT2D eigenvalue weighted by molar-refractivity contribution is 8.03. The first kappa shape index (κ1) is 19.0. The van der Waals surface area contributed by atoms with Crippen molar-refractivity contribution in [3.63, 3.8) is 0 Å². The van der Waals surface area contributed by atoms with E-state index >= 15 is 0 Å². The molecule has 3 aliphatic heterocycles. The summed E-state index contributed by atoms with van der Waals surface area (Å²) in [6.45, 7) is 4.13. The third-order valence-corrected chi connectivity index (χ3v) is 6.69. The van der Waals surface area contributed by atoms with Crippen LogP contribution in [0.25, 0.3) is 0 Å². The summed E-state index contributed by atoms with van der Waals surface area (Å²) in [5.74, 6) is 0.394. The average Bonchev–Trinajstić information content (AvgIpc) is 3.00. The van der Waals surface area contributed by atoms with Gasteiger partial charge in [-0.05, 0) is 44.1 Å². The lowest BCUT2D eigenvalue weighted by molar-refractivity contribution is 0.196. The lowest BCUT2D eigenvalue weighted by atomic mass is 10.1. The molecule has 0 amide bonds. The maximum Gasteiger partial charge on any atom is 0.145 e. The lowest BCUT2D eigenvalue weighted by Gasteiger charge is -2.32. The van der Waals surface area contributed by atoms with Gasteiger partial charge in [0.2, 0.25) is 0 Å². The standard InChI is InChI=1S/C18H24ClFN6S/c19-13-10-12(4-5-14(13)20)26-11-23-17-15(16(26)21)27-18(22)25(17)9-8-24-6-2-1-3-7-24/h4-5,10-11,16,18H,1-3,6-9,21-22H2. The number of aliphatic imine (C=N–C) groups is 1. The monoisotopic (exact) mass is 410 g/mol. The Bertz CT molecular complexity index is 766. The van der Waals surface area contributed by atoms with Crippen molar-refractivity contribution < 1.29 is 4.39 Å². The molecule has 6 nitrogen and oxygen atoms in total. The van der Waals surface area contributed by atoms with Gasteiger partial charge in [-0.25, -0.2) is 9.38 Å². The molecule has 1 aromatic rings. The van der Waals surface area contributed by atoms with Crippen molar-refractivity contribution in [1.29, 1.82) is 0 Å². The van der Waals surface area contributed by atoms with Gasteiger partial charge in [0, 0.05) is 18.8 Å². The van der Waals surface area contributed by atoms with E-state index in [1.807, 2.05) is 0 Å². The Morgan fingerprint density at radius 3 is 2.70 bits per heavy atom. The van der Waals surface area contributed by atoms with Crippen molar-refractivity contribution in [2.75, 3.05) is 31.1 Å². The smallest absolute Gasteiger partial charge is 0.145 e. The Hall–Kier alpha value is -1.32. The number of likely N-dealkylation sites (tertiary alicyclic amines) is 1. The van der Waals surface area contributed by atoms with Gasteiger partial charge in [-0.2, -0.15) is 0 Å². The Kier molecular flexibility index (Phi) is 5.61. The van der Waals surface area contributed by atoms with Crippen LogP contribution in [-0.2, 0) is 0 Å². The summed E-state index contributed by atoms with van der Waals surface area (Å²) in [4.78, 5) is 12.0. The number of rotatable bonds is 4. The minimum absolute atomic E-state index is 0.0619. The summed E-state index contributed by atoms with van der Waals surface area (Å²) in [5.41, 5.74) is 13.3. The predicted octanol–water partition coefficient (Wildman–Crippen LogP) is 2.56. The molecule has 3 heterocycles. The maximum absolute atomic E-state index is 13.5. The number of thioether (sulfide) groups is 1. The lowest BCUT2D eigenvalue weighted by Crippen LogP contribution is -2.45. The summed E-state index contributed by atoms with van der Waals surface area (Å²) < 4.78 is 13.5. The van der Waals surface area contributed by atoms with Crippen LogP contribution in [0.5, 0.6) is 0 Å². The molecule has 0 spiro atoms. The third-order valence-electron chi connectivity index (χ3n) is 5.23. The normalized spacial score (nSPS) is 26.1. The molecule has 0 aliphatic carbocycles. The molecule has 0 bridgehead atoms. The Balaban J connectivity index is 1.48. The van der Waals surface area contributed by atoms with Gasteiger partial charge in [0.1, 0.15) is 23.3 Å². The van der Waals surface area contributed by atoms with Crippen LogP contribution in [0.1, 0.15) is 19.3 Å². The minimum Gasteiger partial charge on any atom is -0.330 e. The summed E-state index contributed by atoms with van der Waals surface area (Å²) in [6.07, 6.45) is 5.13. The maximum atomic E-state index is 13.5. The minimum atomic E-state index is -0.455. The van der Waals surface area contributed by atoms with E-state index in [0.717, 1.165) is 36.9 Å². The van der Waals surface area contributed by atoms with Crippen LogP contribution in [0.15, 0.2) is 33.9 Å². The number of nitrogens with zero attached hydrogens (tertiary/aromatic N) is 4. The molecule has 27 heavy (non-hydrogen) atoms. The van der Waals surface area contributed by atoms with Gasteiger partial charge < -0.3 is 26.2 Å². The molecular formula is C18H24ClFN6S. The summed E-state index contributed by atoms with van der Waals surface area (Å²) in [5, 5.41) is 0.0619. The number of piperidine rings is 1. The first-order valence-corrected chi connectivity index (χ1v) is 10.5. The van der Waals surface area contributed by atoms with E-state index in [2.05, 4.69) is 14.8 Å². The molecule has 4 N–H and O–H groups in total. The van der Waals surface area contributed by atoms with Crippen molar-refractivity contribution in [2.45, 2.75) is 30.9 Å². The number of nitrogens with two attached hydrogens (primary N) is 2. The van der Waals surface area contributed by atoms with Gasteiger partial charge in [0.15, 0.2) is 0 Å². The molecule has 1 saturated heterocycles. The van der Waals surface area contributed by atoms with E-state index in [1.165, 1.54) is 37.1 Å². The molecule has 0 radical (unpaired) electrons. The van der Waals surface area contributed by atoms with Gasteiger partial charge in [-0.1, -0.05) is 29.8 Å². The molecule has 3 aliphatic rings. The highest BCUT2D eigenvalue weighted by Crippen LogP contribution is 2.41. The van der Waals surface area contributed by atoms with E-state index in [0.29, 0.717) is 5.69 Å². The highest BCUT2D eigenvalue weighted by Gasteiger charge is 2.37. The van der Waals surface area contributed by atoms with Crippen molar-refractivity contribution in [3.05, 3.63) is 39.8 Å². The van der Waals surface area contributed by atoms with Gasteiger partial charge in [-0.3, -0.25) is 0 Å². The topological polar surface area (TPSA) is 74.1 Å². The molecule has 2 unspecified atom stereocenters. The van der Waals surface area contributed by atoms with E-state index in [4.69, 9.17) is 23.1 Å².